The summed E-state index contributed by atoms with van der Waals surface area (Å²) in [6.45, 7) is 3.46. The summed E-state index contributed by atoms with van der Waals surface area (Å²) in [6.07, 6.45) is 1.49. The van der Waals surface area contributed by atoms with Crippen LogP contribution >= 0.6 is 11.6 Å². The Kier molecular flexibility index (Phi) is 5.33. The maximum Gasteiger partial charge on any atom is 0.287 e. The highest BCUT2D eigenvalue weighted by molar-refractivity contribution is 6.31. The third-order valence-electron chi connectivity index (χ3n) is 3.95. The summed E-state index contributed by atoms with van der Waals surface area (Å²) in [7, 11) is 0. The maximum atomic E-state index is 12.1. The van der Waals surface area contributed by atoms with Crippen molar-refractivity contribution in [2.24, 2.45) is 0 Å². The lowest BCUT2D eigenvalue weighted by molar-refractivity contribution is 0.0162. The van der Waals surface area contributed by atoms with Crippen LogP contribution in [0.2, 0.25) is 5.02 Å². The van der Waals surface area contributed by atoms with Gasteiger partial charge >= 0.3 is 0 Å². The third-order valence-corrected chi connectivity index (χ3v) is 4.30. The monoisotopic (exact) mass is 334 g/mol. The van der Waals surface area contributed by atoms with E-state index in [4.69, 9.17) is 20.8 Å². The van der Waals surface area contributed by atoms with Gasteiger partial charge in [-0.1, -0.05) is 29.8 Å². The summed E-state index contributed by atoms with van der Waals surface area (Å²) < 4.78 is 10.6. The van der Waals surface area contributed by atoms with Crippen LogP contribution in [-0.2, 0) is 4.74 Å². The lowest BCUT2D eigenvalue weighted by Gasteiger charge is -2.35. The van der Waals surface area contributed by atoms with Crippen LogP contribution in [0.15, 0.2) is 47.1 Å². The summed E-state index contributed by atoms with van der Waals surface area (Å²) in [5.74, 6) is 0.0881. The van der Waals surface area contributed by atoms with Crippen molar-refractivity contribution in [3.05, 3.63) is 59.0 Å². The number of benzene rings is 1. The van der Waals surface area contributed by atoms with E-state index in [-0.39, 0.29) is 11.9 Å². The van der Waals surface area contributed by atoms with E-state index < -0.39 is 0 Å². The Labute approximate surface area is 140 Å². The molecular formula is C17H19ClN2O3. The average Bonchev–Trinajstić information content (AvgIpc) is 3.12. The second-order valence-corrected chi connectivity index (χ2v) is 5.78. The molecule has 0 spiro atoms. The summed E-state index contributed by atoms with van der Waals surface area (Å²) >= 11 is 6.36. The van der Waals surface area contributed by atoms with Gasteiger partial charge in [0, 0.05) is 24.7 Å². The molecular weight excluding hydrogens is 316 g/mol. The number of carbonyl (C=O) groups is 1. The molecule has 122 valence electrons. The second-order valence-electron chi connectivity index (χ2n) is 5.37. The second kappa shape index (κ2) is 7.64. The quantitative estimate of drug-likeness (QED) is 0.913. The van der Waals surface area contributed by atoms with Gasteiger partial charge in [-0.2, -0.15) is 0 Å². The number of nitrogens with one attached hydrogen (secondary N) is 1. The van der Waals surface area contributed by atoms with E-state index in [1.54, 1.807) is 12.1 Å². The van der Waals surface area contributed by atoms with Gasteiger partial charge in [-0.05, 0) is 23.8 Å². The minimum Gasteiger partial charge on any atom is -0.459 e. The van der Waals surface area contributed by atoms with Crippen molar-refractivity contribution in [2.45, 2.75) is 6.04 Å². The predicted octanol–water partition coefficient (Wildman–Crippen LogP) is 2.74. The van der Waals surface area contributed by atoms with E-state index >= 15 is 0 Å². The number of halogens is 1. The first-order chi connectivity index (χ1) is 11.3. The molecule has 5 nitrogen and oxygen atoms in total. The summed E-state index contributed by atoms with van der Waals surface area (Å²) in [5.41, 5.74) is 1.01. The molecule has 0 aliphatic carbocycles. The van der Waals surface area contributed by atoms with Crippen LogP contribution in [-0.4, -0.2) is 43.7 Å². The third kappa shape index (κ3) is 3.93. The van der Waals surface area contributed by atoms with E-state index in [1.165, 1.54) is 6.26 Å². The minimum atomic E-state index is -0.222. The maximum absolute atomic E-state index is 12.1. The van der Waals surface area contributed by atoms with Crippen LogP contribution in [0, 0.1) is 0 Å². The van der Waals surface area contributed by atoms with Gasteiger partial charge < -0.3 is 14.5 Å². The van der Waals surface area contributed by atoms with Crippen LogP contribution in [0.5, 0.6) is 0 Å². The van der Waals surface area contributed by atoms with Gasteiger partial charge in [-0.25, -0.2) is 0 Å². The van der Waals surface area contributed by atoms with Crippen molar-refractivity contribution in [3.8, 4) is 0 Å². The first-order valence-corrected chi connectivity index (χ1v) is 8.01. The fourth-order valence-corrected chi connectivity index (χ4v) is 3.02. The largest absolute Gasteiger partial charge is 0.459 e. The molecule has 2 heterocycles. The molecule has 1 fully saturated rings. The summed E-state index contributed by atoms with van der Waals surface area (Å²) in [5, 5.41) is 3.64. The molecule has 0 unspecified atom stereocenters. The Balaban J connectivity index is 1.75. The molecule has 1 aromatic carbocycles. The van der Waals surface area contributed by atoms with Gasteiger partial charge in [0.15, 0.2) is 5.76 Å². The zero-order chi connectivity index (χ0) is 16.1. The molecule has 23 heavy (non-hydrogen) atoms. The van der Waals surface area contributed by atoms with Crippen molar-refractivity contribution in [1.82, 2.24) is 10.2 Å². The van der Waals surface area contributed by atoms with E-state index in [9.17, 15) is 4.79 Å². The van der Waals surface area contributed by atoms with Crippen molar-refractivity contribution in [3.63, 3.8) is 0 Å². The molecule has 6 heteroatoms. The number of nitrogens with zero attached hydrogens (tertiary/aromatic N) is 1. The molecule has 0 bridgehead atoms. The van der Waals surface area contributed by atoms with Gasteiger partial charge in [0.05, 0.1) is 25.5 Å². The first-order valence-electron chi connectivity index (χ1n) is 7.63. The lowest BCUT2D eigenvalue weighted by atomic mass is 10.0. The highest BCUT2D eigenvalue weighted by atomic mass is 35.5. The van der Waals surface area contributed by atoms with Crippen LogP contribution in [0.3, 0.4) is 0 Å². The van der Waals surface area contributed by atoms with Gasteiger partial charge in [0.2, 0.25) is 0 Å². The molecule has 1 aliphatic heterocycles. The number of carbonyl (C=O) groups excluding carboxylic acids is 1. The Morgan fingerprint density at radius 1 is 1.22 bits per heavy atom. The highest BCUT2D eigenvalue weighted by Crippen LogP contribution is 2.27. The molecule has 2 aromatic rings. The predicted molar refractivity (Wildman–Crippen MR) is 87.6 cm³/mol. The van der Waals surface area contributed by atoms with Gasteiger partial charge in [0.1, 0.15) is 0 Å². The van der Waals surface area contributed by atoms with E-state index in [2.05, 4.69) is 10.2 Å². The van der Waals surface area contributed by atoms with E-state index in [0.29, 0.717) is 30.5 Å². The molecule has 0 radical (unpaired) electrons. The number of rotatable bonds is 5. The minimum absolute atomic E-state index is 0.00603. The Morgan fingerprint density at radius 3 is 2.70 bits per heavy atom. The van der Waals surface area contributed by atoms with Gasteiger partial charge in [-0.15, -0.1) is 0 Å². The standard InChI is InChI=1S/C17H19ClN2O3/c18-14-5-2-1-4-13(14)15(20-7-10-22-11-8-20)12-19-17(21)16-6-3-9-23-16/h1-6,9,15H,7-8,10-12H2,(H,19,21)/t15-/m0/s1. The smallest absolute Gasteiger partial charge is 0.287 e. The molecule has 3 rings (SSSR count). The zero-order valence-corrected chi connectivity index (χ0v) is 13.5. The van der Waals surface area contributed by atoms with Crippen LogP contribution in [0.4, 0.5) is 0 Å². The summed E-state index contributed by atoms with van der Waals surface area (Å²) in [6, 6.07) is 11.1. The fourth-order valence-electron chi connectivity index (χ4n) is 2.75. The molecule has 1 atom stereocenters. The van der Waals surface area contributed by atoms with Crippen LogP contribution in [0.1, 0.15) is 22.2 Å². The van der Waals surface area contributed by atoms with E-state index in [1.807, 2.05) is 24.3 Å². The number of hydrogen-bond donors (Lipinski definition) is 1. The SMILES string of the molecule is O=C(NC[C@@H](c1ccccc1Cl)N1CCOCC1)c1ccco1. The Bertz CT molecular complexity index is 639. The van der Waals surface area contributed by atoms with Crippen molar-refractivity contribution in [1.29, 1.82) is 0 Å². The first kappa shape index (κ1) is 16.1. The number of ether oxygens (including phenoxy) is 1. The summed E-state index contributed by atoms with van der Waals surface area (Å²) in [4.78, 5) is 14.4. The van der Waals surface area contributed by atoms with Crippen molar-refractivity contribution < 1.29 is 13.9 Å². The molecule has 1 amide bonds. The number of morpholine rings is 1. The highest BCUT2D eigenvalue weighted by Gasteiger charge is 2.25. The molecule has 1 N–H and O–H groups in total. The van der Waals surface area contributed by atoms with Crippen molar-refractivity contribution >= 4 is 17.5 Å². The normalized spacial score (nSPS) is 16.9. The number of hydrogen-bond acceptors (Lipinski definition) is 4. The fraction of sp³-hybridized carbons (Fsp3) is 0.353. The Morgan fingerprint density at radius 2 is 2.00 bits per heavy atom. The molecule has 1 aromatic heterocycles. The molecule has 0 saturated carbocycles. The van der Waals surface area contributed by atoms with Gasteiger partial charge in [0.25, 0.3) is 5.91 Å². The van der Waals surface area contributed by atoms with Crippen LogP contribution < -0.4 is 5.32 Å². The lowest BCUT2D eigenvalue weighted by Crippen LogP contribution is -2.43. The molecule has 1 aliphatic rings. The van der Waals surface area contributed by atoms with Crippen LogP contribution in [0.25, 0.3) is 0 Å². The topological polar surface area (TPSA) is 54.7 Å². The van der Waals surface area contributed by atoms with Crippen molar-refractivity contribution in [2.75, 3.05) is 32.8 Å². The van der Waals surface area contributed by atoms with Gasteiger partial charge in [-0.3, -0.25) is 9.69 Å². The van der Waals surface area contributed by atoms with E-state index in [0.717, 1.165) is 18.7 Å². The molecule has 1 saturated heterocycles. The Hall–Kier alpha value is -1.82. The number of amides is 1. The average molecular weight is 335 g/mol. The number of furan rings is 1. The zero-order valence-electron chi connectivity index (χ0n) is 12.7.